The van der Waals surface area contributed by atoms with E-state index < -0.39 is 29.9 Å². The summed E-state index contributed by atoms with van der Waals surface area (Å²) in [5, 5.41) is 14.1. The predicted octanol–water partition coefficient (Wildman–Crippen LogP) is 0.640. The Hall–Kier alpha value is -2.35. The Morgan fingerprint density at radius 3 is 2.48 bits per heavy atom. The fourth-order valence-electron chi connectivity index (χ4n) is 1.91. The van der Waals surface area contributed by atoms with Crippen molar-refractivity contribution in [1.82, 2.24) is 10.6 Å². The average molecular weight is 326 g/mol. The number of furan rings is 1. The number of aliphatic carboxylic acids is 1. The summed E-state index contributed by atoms with van der Waals surface area (Å²) >= 11 is 0. The summed E-state index contributed by atoms with van der Waals surface area (Å²) in [6.45, 7) is 3.69. The summed E-state index contributed by atoms with van der Waals surface area (Å²) < 4.78 is 9.80. The fraction of sp³-hybridized carbons (Fsp3) is 0.533. The van der Waals surface area contributed by atoms with Gasteiger partial charge in [-0.25, -0.2) is 4.79 Å². The molecule has 3 N–H and O–H groups in total. The van der Waals surface area contributed by atoms with Crippen LogP contribution in [0.3, 0.4) is 0 Å². The molecule has 0 spiro atoms. The van der Waals surface area contributed by atoms with Crippen LogP contribution < -0.4 is 10.6 Å². The second-order valence-electron chi connectivity index (χ2n) is 5.35. The smallest absolute Gasteiger partial charge is 0.326 e. The maximum absolute atomic E-state index is 12.3. The molecule has 2 amide bonds. The minimum absolute atomic E-state index is 0.0811. The van der Waals surface area contributed by atoms with Gasteiger partial charge in [0.05, 0.1) is 6.26 Å². The molecule has 2 unspecified atom stereocenters. The van der Waals surface area contributed by atoms with E-state index >= 15 is 0 Å². The van der Waals surface area contributed by atoms with E-state index in [2.05, 4.69) is 10.6 Å². The highest BCUT2D eigenvalue weighted by molar-refractivity contribution is 5.96. The van der Waals surface area contributed by atoms with Crippen molar-refractivity contribution in [2.24, 2.45) is 5.92 Å². The Kier molecular flexibility index (Phi) is 7.27. The molecule has 23 heavy (non-hydrogen) atoms. The number of amides is 2. The SMILES string of the molecule is COCCC(NC(=O)C(NC(=O)c1ccco1)C(C)C)C(=O)O. The van der Waals surface area contributed by atoms with Gasteiger partial charge in [-0.05, 0) is 18.1 Å². The summed E-state index contributed by atoms with van der Waals surface area (Å²) in [7, 11) is 1.45. The first-order chi connectivity index (χ1) is 10.9. The van der Waals surface area contributed by atoms with Crippen LogP contribution in [-0.2, 0) is 14.3 Å². The molecule has 0 fully saturated rings. The number of hydrogen-bond acceptors (Lipinski definition) is 5. The Morgan fingerprint density at radius 1 is 1.30 bits per heavy atom. The highest BCUT2D eigenvalue weighted by Gasteiger charge is 2.29. The van der Waals surface area contributed by atoms with Gasteiger partial charge in [0.15, 0.2) is 5.76 Å². The molecule has 0 bridgehead atoms. The minimum Gasteiger partial charge on any atom is -0.480 e. The van der Waals surface area contributed by atoms with Crippen LogP contribution in [0.1, 0.15) is 30.8 Å². The number of carboxylic acid groups (broad SMARTS) is 1. The summed E-state index contributed by atoms with van der Waals surface area (Å²) in [6, 6.07) is 1.08. The molecule has 0 radical (unpaired) electrons. The molecule has 8 heteroatoms. The normalized spacial score (nSPS) is 13.4. The zero-order valence-corrected chi connectivity index (χ0v) is 13.4. The van der Waals surface area contributed by atoms with Crippen LogP contribution in [0.25, 0.3) is 0 Å². The van der Waals surface area contributed by atoms with E-state index in [4.69, 9.17) is 14.3 Å². The lowest BCUT2D eigenvalue weighted by Gasteiger charge is -2.23. The van der Waals surface area contributed by atoms with E-state index in [1.165, 1.54) is 19.4 Å². The zero-order valence-electron chi connectivity index (χ0n) is 13.4. The molecule has 2 atom stereocenters. The van der Waals surface area contributed by atoms with Gasteiger partial charge < -0.3 is 24.9 Å². The van der Waals surface area contributed by atoms with Crippen molar-refractivity contribution in [1.29, 1.82) is 0 Å². The summed E-state index contributed by atoms with van der Waals surface area (Å²) in [5.41, 5.74) is 0. The maximum atomic E-state index is 12.3. The number of carboxylic acids is 1. The number of nitrogens with one attached hydrogen (secondary N) is 2. The number of carbonyl (C=O) groups is 3. The molecule has 1 aromatic rings. The molecule has 128 valence electrons. The standard InChI is InChI=1S/C15H22N2O6/c1-9(2)12(17-13(18)11-5-4-7-23-11)14(19)16-10(15(20)21)6-8-22-3/h4-5,7,9-10,12H,6,8H2,1-3H3,(H,16,19)(H,17,18)(H,20,21). The first-order valence-electron chi connectivity index (χ1n) is 7.23. The monoisotopic (exact) mass is 326 g/mol. The molecular formula is C15H22N2O6. The van der Waals surface area contributed by atoms with E-state index in [1.54, 1.807) is 19.9 Å². The first-order valence-corrected chi connectivity index (χ1v) is 7.23. The van der Waals surface area contributed by atoms with E-state index in [-0.39, 0.29) is 24.7 Å². The van der Waals surface area contributed by atoms with Crippen molar-refractivity contribution < 1.29 is 28.6 Å². The lowest BCUT2D eigenvalue weighted by Crippen LogP contribution is -2.53. The molecule has 0 aliphatic rings. The van der Waals surface area contributed by atoms with Crippen LogP contribution in [0.4, 0.5) is 0 Å². The third-order valence-electron chi connectivity index (χ3n) is 3.21. The van der Waals surface area contributed by atoms with Gasteiger partial charge in [-0.15, -0.1) is 0 Å². The average Bonchev–Trinajstić information content (AvgIpc) is 3.02. The minimum atomic E-state index is -1.16. The van der Waals surface area contributed by atoms with Crippen molar-refractivity contribution in [3.63, 3.8) is 0 Å². The van der Waals surface area contributed by atoms with E-state index in [1.807, 2.05) is 0 Å². The summed E-state index contributed by atoms with van der Waals surface area (Å²) in [4.78, 5) is 35.5. The van der Waals surface area contributed by atoms with Gasteiger partial charge in [0.2, 0.25) is 5.91 Å². The van der Waals surface area contributed by atoms with Crippen LogP contribution in [0.2, 0.25) is 0 Å². The van der Waals surface area contributed by atoms with E-state index in [9.17, 15) is 14.4 Å². The predicted molar refractivity (Wildman–Crippen MR) is 80.9 cm³/mol. The lowest BCUT2D eigenvalue weighted by atomic mass is 10.0. The first kappa shape index (κ1) is 18.7. The molecule has 1 aromatic heterocycles. The molecule has 0 saturated carbocycles. The van der Waals surface area contributed by atoms with Crippen LogP contribution in [0, 0.1) is 5.92 Å². The third kappa shape index (κ3) is 5.74. The Morgan fingerprint density at radius 2 is 2.00 bits per heavy atom. The van der Waals surface area contributed by atoms with Crippen molar-refractivity contribution in [2.45, 2.75) is 32.4 Å². The Bertz CT molecular complexity index is 526. The molecule has 1 heterocycles. The molecule has 0 aliphatic carbocycles. The van der Waals surface area contributed by atoms with Gasteiger partial charge in [-0.1, -0.05) is 13.8 Å². The van der Waals surface area contributed by atoms with Gasteiger partial charge in [-0.3, -0.25) is 9.59 Å². The number of carbonyl (C=O) groups excluding carboxylic acids is 2. The highest BCUT2D eigenvalue weighted by atomic mass is 16.5. The van der Waals surface area contributed by atoms with Gasteiger partial charge in [-0.2, -0.15) is 0 Å². The second kappa shape index (κ2) is 8.94. The van der Waals surface area contributed by atoms with Crippen LogP contribution >= 0.6 is 0 Å². The van der Waals surface area contributed by atoms with Crippen molar-refractivity contribution >= 4 is 17.8 Å². The van der Waals surface area contributed by atoms with Crippen molar-refractivity contribution in [3.05, 3.63) is 24.2 Å². The maximum Gasteiger partial charge on any atom is 0.326 e. The number of hydrogen-bond donors (Lipinski definition) is 3. The van der Waals surface area contributed by atoms with Crippen molar-refractivity contribution in [3.8, 4) is 0 Å². The zero-order chi connectivity index (χ0) is 17.4. The molecule has 0 aliphatic heterocycles. The van der Waals surface area contributed by atoms with Gasteiger partial charge in [0.1, 0.15) is 12.1 Å². The number of methoxy groups -OCH3 is 1. The third-order valence-corrected chi connectivity index (χ3v) is 3.21. The molecule has 8 nitrogen and oxygen atoms in total. The van der Waals surface area contributed by atoms with Crippen molar-refractivity contribution in [2.75, 3.05) is 13.7 Å². The van der Waals surface area contributed by atoms with Gasteiger partial charge in [0, 0.05) is 20.1 Å². The summed E-state index contributed by atoms with van der Waals surface area (Å²) in [6.07, 6.45) is 1.49. The Balaban J connectivity index is 2.73. The Labute approximate surface area is 134 Å². The topological polar surface area (TPSA) is 118 Å². The van der Waals surface area contributed by atoms with E-state index in [0.29, 0.717) is 0 Å². The second-order valence-corrected chi connectivity index (χ2v) is 5.35. The van der Waals surface area contributed by atoms with Crippen LogP contribution in [0.5, 0.6) is 0 Å². The quantitative estimate of drug-likeness (QED) is 0.613. The van der Waals surface area contributed by atoms with Gasteiger partial charge in [0.25, 0.3) is 5.91 Å². The molecule has 1 rings (SSSR count). The largest absolute Gasteiger partial charge is 0.480 e. The van der Waals surface area contributed by atoms with E-state index in [0.717, 1.165) is 0 Å². The highest BCUT2D eigenvalue weighted by Crippen LogP contribution is 2.07. The number of ether oxygens (including phenoxy) is 1. The lowest BCUT2D eigenvalue weighted by molar-refractivity contribution is -0.142. The van der Waals surface area contributed by atoms with Gasteiger partial charge >= 0.3 is 5.97 Å². The molecule has 0 saturated heterocycles. The fourth-order valence-corrected chi connectivity index (χ4v) is 1.91. The molecule has 0 aromatic carbocycles. The van der Waals surface area contributed by atoms with Crippen LogP contribution in [0.15, 0.2) is 22.8 Å². The summed E-state index contributed by atoms with van der Waals surface area (Å²) in [5.74, 6) is -2.41. The van der Waals surface area contributed by atoms with Crippen LogP contribution in [-0.4, -0.2) is 48.7 Å². The molecular weight excluding hydrogens is 304 g/mol. The number of rotatable bonds is 9.